The lowest BCUT2D eigenvalue weighted by Crippen LogP contribution is -2.49. The summed E-state index contributed by atoms with van der Waals surface area (Å²) in [5.74, 6) is 0. The Morgan fingerprint density at radius 2 is 1.47 bits per heavy atom. The fourth-order valence-corrected chi connectivity index (χ4v) is 3.32. The standard InChI is InChI=1S/C22H32N4O4/c1-21(2,3)29-19(27)25-13-11-24(12-14-25)15-17-16-9-7-8-10-18(16)26(23-17)20(28)30-22(4,5)6/h7-10H,11-15H2,1-6H3. The summed E-state index contributed by atoms with van der Waals surface area (Å²) < 4.78 is 12.3. The number of benzene rings is 1. The van der Waals surface area contributed by atoms with Gasteiger partial charge in [-0.2, -0.15) is 9.78 Å². The van der Waals surface area contributed by atoms with Gasteiger partial charge in [0, 0.05) is 38.1 Å². The number of ether oxygens (including phenoxy) is 2. The van der Waals surface area contributed by atoms with Gasteiger partial charge in [0.2, 0.25) is 0 Å². The Morgan fingerprint density at radius 1 is 0.900 bits per heavy atom. The molecule has 0 atom stereocenters. The molecular formula is C22H32N4O4. The molecule has 0 spiro atoms. The van der Waals surface area contributed by atoms with E-state index >= 15 is 0 Å². The lowest BCUT2D eigenvalue weighted by Gasteiger charge is -2.35. The van der Waals surface area contributed by atoms with E-state index in [1.165, 1.54) is 4.68 Å². The molecule has 2 heterocycles. The van der Waals surface area contributed by atoms with Gasteiger partial charge in [-0.05, 0) is 47.6 Å². The second-order valence-electron chi connectivity index (χ2n) is 9.60. The van der Waals surface area contributed by atoms with Gasteiger partial charge in [0.05, 0.1) is 11.2 Å². The molecule has 0 aliphatic carbocycles. The Kier molecular flexibility index (Phi) is 6.08. The summed E-state index contributed by atoms with van der Waals surface area (Å²) in [6.07, 6.45) is -0.763. The van der Waals surface area contributed by atoms with Gasteiger partial charge in [-0.25, -0.2) is 9.59 Å². The van der Waals surface area contributed by atoms with Gasteiger partial charge in [-0.3, -0.25) is 4.90 Å². The molecule has 0 unspecified atom stereocenters. The summed E-state index contributed by atoms with van der Waals surface area (Å²) in [4.78, 5) is 28.8. The van der Waals surface area contributed by atoms with E-state index in [2.05, 4.69) is 10.00 Å². The summed E-state index contributed by atoms with van der Waals surface area (Å²) in [5.41, 5.74) is 0.459. The Hall–Kier alpha value is -2.61. The second-order valence-corrected chi connectivity index (χ2v) is 9.60. The molecule has 1 fully saturated rings. The van der Waals surface area contributed by atoms with E-state index in [1.54, 1.807) is 4.90 Å². The second kappa shape index (κ2) is 8.26. The molecule has 8 heteroatoms. The van der Waals surface area contributed by atoms with Gasteiger partial charge in [0.25, 0.3) is 0 Å². The highest BCUT2D eigenvalue weighted by Gasteiger charge is 2.27. The number of piperazine rings is 1. The monoisotopic (exact) mass is 416 g/mol. The molecule has 0 bridgehead atoms. The smallest absolute Gasteiger partial charge is 0.435 e. The molecule has 1 aliphatic heterocycles. The molecule has 3 rings (SSSR count). The zero-order valence-electron chi connectivity index (χ0n) is 18.8. The van der Waals surface area contributed by atoms with E-state index in [9.17, 15) is 9.59 Å². The van der Waals surface area contributed by atoms with Gasteiger partial charge in [0.15, 0.2) is 0 Å². The van der Waals surface area contributed by atoms with Crippen molar-refractivity contribution in [2.24, 2.45) is 0 Å². The van der Waals surface area contributed by atoms with Crippen LogP contribution < -0.4 is 0 Å². The van der Waals surface area contributed by atoms with Gasteiger partial charge < -0.3 is 14.4 Å². The zero-order chi connectivity index (χ0) is 22.1. The first-order valence-corrected chi connectivity index (χ1v) is 10.3. The molecule has 0 saturated carbocycles. The molecule has 8 nitrogen and oxygen atoms in total. The summed E-state index contributed by atoms with van der Waals surface area (Å²) >= 11 is 0. The van der Waals surface area contributed by atoms with E-state index in [4.69, 9.17) is 9.47 Å². The maximum absolute atomic E-state index is 12.6. The molecule has 30 heavy (non-hydrogen) atoms. The lowest BCUT2D eigenvalue weighted by atomic mass is 10.2. The highest BCUT2D eigenvalue weighted by Crippen LogP contribution is 2.22. The van der Waals surface area contributed by atoms with Gasteiger partial charge in [-0.1, -0.05) is 18.2 Å². The molecular weight excluding hydrogens is 384 g/mol. The minimum atomic E-state index is -0.595. The first-order chi connectivity index (χ1) is 13.9. The van der Waals surface area contributed by atoms with Crippen LogP contribution in [0.2, 0.25) is 0 Å². The normalized spacial score (nSPS) is 16.0. The molecule has 2 aromatic rings. The number of aromatic nitrogens is 2. The minimum Gasteiger partial charge on any atom is -0.444 e. The van der Waals surface area contributed by atoms with Crippen LogP contribution in [0.4, 0.5) is 9.59 Å². The number of hydrogen-bond acceptors (Lipinski definition) is 6. The van der Waals surface area contributed by atoms with Crippen molar-refractivity contribution < 1.29 is 19.1 Å². The van der Waals surface area contributed by atoms with E-state index in [0.29, 0.717) is 32.7 Å². The van der Waals surface area contributed by atoms with Crippen LogP contribution in [0.5, 0.6) is 0 Å². The van der Waals surface area contributed by atoms with Crippen LogP contribution in [0.3, 0.4) is 0 Å². The number of para-hydroxylation sites is 1. The third-order valence-corrected chi connectivity index (χ3v) is 4.63. The molecule has 164 valence electrons. The summed E-state index contributed by atoms with van der Waals surface area (Å²) in [7, 11) is 0. The van der Waals surface area contributed by atoms with Crippen LogP contribution in [0.25, 0.3) is 10.9 Å². The van der Waals surface area contributed by atoms with E-state index < -0.39 is 17.3 Å². The molecule has 1 aromatic carbocycles. The number of nitrogens with zero attached hydrogens (tertiary/aromatic N) is 4. The van der Waals surface area contributed by atoms with E-state index in [0.717, 1.165) is 16.6 Å². The highest BCUT2D eigenvalue weighted by molar-refractivity contribution is 5.89. The maximum Gasteiger partial charge on any atom is 0.435 e. The third kappa shape index (κ3) is 5.50. The van der Waals surface area contributed by atoms with Crippen LogP contribution >= 0.6 is 0 Å². The molecule has 1 amide bonds. The van der Waals surface area contributed by atoms with Crippen molar-refractivity contribution in [1.82, 2.24) is 19.6 Å². The number of amides is 1. The molecule has 1 aromatic heterocycles. The average molecular weight is 417 g/mol. The fraction of sp³-hybridized carbons (Fsp3) is 0.591. The Labute approximate surface area is 177 Å². The van der Waals surface area contributed by atoms with Crippen molar-refractivity contribution in [2.75, 3.05) is 26.2 Å². The van der Waals surface area contributed by atoms with Crippen LogP contribution in [-0.2, 0) is 16.0 Å². The number of hydrogen-bond donors (Lipinski definition) is 0. The van der Waals surface area contributed by atoms with Crippen LogP contribution in [0.1, 0.15) is 47.2 Å². The van der Waals surface area contributed by atoms with Crippen molar-refractivity contribution in [3.8, 4) is 0 Å². The van der Waals surface area contributed by atoms with Gasteiger partial charge >= 0.3 is 12.2 Å². The van der Waals surface area contributed by atoms with Crippen LogP contribution in [0.15, 0.2) is 24.3 Å². The molecule has 1 aliphatic rings. The first-order valence-electron chi connectivity index (χ1n) is 10.3. The van der Waals surface area contributed by atoms with Crippen molar-refractivity contribution in [3.63, 3.8) is 0 Å². The quantitative estimate of drug-likeness (QED) is 0.740. The van der Waals surface area contributed by atoms with Crippen LogP contribution in [0, 0.1) is 0 Å². The molecule has 1 saturated heterocycles. The van der Waals surface area contributed by atoms with Crippen LogP contribution in [-0.4, -0.2) is 69.1 Å². The minimum absolute atomic E-state index is 0.276. The van der Waals surface area contributed by atoms with E-state index in [1.807, 2.05) is 65.8 Å². The summed E-state index contributed by atoms with van der Waals surface area (Å²) in [6, 6.07) is 7.66. The average Bonchev–Trinajstić information content (AvgIpc) is 2.98. The Balaban J connectivity index is 1.70. The largest absolute Gasteiger partial charge is 0.444 e. The lowest BCUT2D eigenvalue weighted by molar-refractivity contribution is 0.0137. The SMILES string of the molecule is CC(C)(C)OC(=O)N1CCN(Cc2nn(C(=O)OC(C)(C)C)c3ccccc23)CC1. The van der Waals surface area contributed by atoms with Gasteiger partial charge in [-0.15, -0.1) is 0 Å². The van der Waals surface area contributed by atoms with Crippen molar-refractivity contribution in [1.29, 1.82) is 0 Å². The number of rotatable bonds is 2. The van der Waals surface area contributed by atoms with Gasteiger partial charge in [0.1, 0.15) is 11.2 Å². The maximum atomic E-state index is 12.6. The number of carbonyl (C=O) groups excluding carboxylic acids is 2. The van der Waals surface area contributed by atoms with E-state index in [-0.39, 0.29) is 6.09 Å². The third-order valence-electron chi connectivity index (χ3n) is 4.63. The predicted molar refractivity (Wildman–Crippen MR) is 114 cm³/mol. The fourth-order valence-electron chi connectivity index (χ4n) is 3.32. The van der Waals surface area contributed by atoms with Crippen molar-refractivity contribution >= 4 is 23.1 Å². The number of carbonyl (C=O) groups is 2. The highest BCUT2D eigenvalue weighted by atomic mass is 16.6. The van der Waals surface area contributed by atoms with Crippen molar-refractivity contribution in [3.05, 3.63) is 30.0 Å². The molecule has 0 N–H and O–H groups in total. The Bertz CT molecular complexity index is 915. The molecule has 0 radical (unpaired) electrons. The summed E-state index contributed by atoms with van der Waals surface area (Å²) in [6.45, 7) is 14.3. The Morgan fingerprint density at radius 3 is 2.07 bits per heavy atom. The van der Waals surface area contributed by atoms with Crippen molar-refractivity contribution in [2.45, 2.75) is 59.3 Å². The topological polar surface area (TPSA) is 76.9 Å². The zero-order valence-corrected chi connectivity index (χ0v) is 18.8. The summed E-state index contributed by atoms with van der Waals surface area (Å²) in [5, 5.41) is 5.49. The first kappa shape index (κ1) is 22.1. The number of fused-ring (bicyclic) bond motifs is 1. The predicted octanol–water partition coefficient (Wildman–Crippen LogP) is 3.87.